The van der Waals surface area contributed by atoms with E-state index in [1.54, 1.807) is 76.0 Å². The Bertz CT molecular complexity index is 1620. The Balaban J connectivity index is 1.31. The summed E-state index contributed by atoms with van der Waals surface area (Å²) in [4.78, 5) is 0. The minimum Gasteiger partial charge on any atom is -0.496 e. The van der Waals surface area contributed by atoms with Gasteiger partial charge in [0, 0.05) is 68.9 Å². The van der Waals surface area contributed by atoms with E-state index >= 15 is 0 Å². The van der Waals surface area contributed by atoms with Gasteiger partial charge in [-0.25, -0.2) is 0 Å². The van der Waals surface area contributed by atoms with Gasteiger partial charge >= 0.3 is 0 Å². The van der Waals surface area contributed by atoms with Crippen molar-refractivity contribution in [2.75, 3.05) is 42.7 Å². The van der Waals surface area contributed by atoms with Gasteiger partial charge in [-0.05, 0) is 89.0 Å². The Morgan fingerprint density at radius 3 is 0.578 bits per heavy atom. The summed E-state index contributed by atoms with van der Waals surface area (Å²) < 4.78 is 36.3. The zero-order valence-electron chi connectivity index (χ0n) is 26.5. The molecule has 6 heteroatoms. The fourth-order valence-electron chi connectivity index (χ4n) is 11.1. The van der Waals surface area contributed by atoms with Crippen molar-refractivity contribution in [1.29, 1.82) is 0 Å². The molecule has 45 heavy (non-hydrogen) atoms. The maximum absolute atomic E-state index is 6.05. The zero-order chi connectivity index (χ0) is 30.5. The lowest BCUT2D eigenvalue weighted by molar-refractivity contribution is 0.394. The molecule has 0 N–H and O–H groups in total. The normalized spacial score (nSPS) is 25.7. The van der Waals surface area contributed by atoms with Gasteiger partial charge < -0.3 is 28.4 Å². The van der Waals surface area contributed by atoms with E-state index in [1.165, 1.54) is 33.4 Å². The van der Waals surface area contributed by atoms with Crippen LogP contribution in [0.25, 0.3) is 0 Å². The molecule has 228 valence electrons. The van der Waals surface area contributed by atoms with Crippen LogP contribution in [0.2, 0.25) is 0 Å². The number of hydrogen-bond donors (Lipinski definition) is 0. The van der Waals surface area contributed by atoms with E-state index in [-0.39, 0.29) is 35.5 Å². The Kier molecular flexibility index (Phi) is 5.01. The van der Waals surface area contributed by atoms with Gasteiger partial charge in [0.25, 0.3) is 0 Å². The van der Waals surface area contributed by atoms with Gasteiger partial charge in [0.15, 0.2) is 0 Å². The molecule has 0 saturated carbocycles. The van der Waals surface area contributed by atoms with Crippen LogP contribution in [-0.4, -0.2) is 42.7 Å². The topological polar surface area (TPSA) is 55.4 Å². The molecule has 6 aliphatic carbocycles. The number of rotatable bonds is 6. The maximum Gasteiger partial charge on any atom is 0.123 e. The average molecular weight is 601 g/mol. The van der Waals surface area contributed by atoms with Crippen LogP contribution in [0.5, 0.6) is 34.5 Å². The lowest BCUT2D eigenvalue weighted by Crippen LogP contribution is -2.20. The first-order valence-electron chi connectivity index (χ1n) is 16.1. The quantitative estimate of drug-likeness (QED) is 0.226. The standard InChI is InChI=1S/C39H36O6/c1-40-22-7-8-23(41-2)29-17-13-16(28(22)29)34-35(17)37-19-15-21(33-27(45-6)12-11-25(43-4)31(19)33)39(37)38-20-14-18(36(34)38)30-24(42-3)9-10-26(44-5)32(20)30/h7-12,16-21H,13-15H2,1-6H3/t16-,17+,18+,19-,20-,21+. The van der Waals surface area contributed by atoms with E-state index in [9.17, 15) is 0 Å². The van der Waals surface area contributed by atoms with Gasteiger partial charge in [-0.1, -0.05) is 0 Å². The van der Waals surface area contributed by atoms with Crippen molar-refractivity contribution in [2.45, 2.75) is 54.8 Å². The third-order valence-electron chi connectivity index (χ3n) is 12.3. The van der Waals surface area contributed by atoms with Crippen LogP contribution < -0.4 is 28.4 Å². The molecule has 0 aromatic heterocycles. The number of fused-ring (bicyclic) bond motifs is 27. The van der Waals surface area contributed by atoms with E-state index < -0.39 is 0 Å². The molecule has 4 aromatic carbocycles. The molecule has 0 radical (unpaired) electrons. The highest BCUT2D eigenvalue weighted by molar-refractivity contribution is 5.82. The van der Waals surface area contributed by atoms with Crippen LogP contribution in [0.4, 0.5) is 0 Å². The summed E-state index contributed by atoms with van der Waals surface area (Å²) in [7, 11) is 10.8. The second kappa shape index (κ2) is 8.68. The van der Waals surface area contributed by atoms with E-state index in [0.717, 1.165) is 53.8 Å². The van der Waals surface area contributed by atoms with Crippen molar-refractivity contribution < 1.29 is 28.4 Å². The van der Waals surface area contributed by atoms with Crippen LogP contribution in [0, 0.1) is 0 Å². The van der Waals surface area contributed by atoms with E-state index in [1.807, 2.05) is 0 Å². The first-order valence-corrected chi connectivity index (χ1v) is 16.1. The predicted octanol–water partition coefficient (Wildman–Crippen LogP) is 7.68. The molecule has 0 fully saturated rings. The maximum atomic E-state index is 6.05. The van der Waals surface area contributed by atoms with E-state index in [0.29, 0.717) is 0 Å². The summed E-state index contributed by atoms with van der Waals surface area (Å²) in [6.45, 7) is 0. The summed E-state index contributed by atoms with van der Waals surface area (Å²) in [5.41, 5.74) is 17.2. The molecule has 10 rings (SSSR count). The Labute approximate surface area is 263 Å². The summed E-state index contributed by atoms with van der Waals surface area (Å²) in [6, 6.07) is 12.6. The first kappa shape index (κ1) is 26.0. The van der Waals surface area contributed by atoms with Gasteiger partial charge in [0.05, 0.1) is 42.7 Å². The summed E-state index contributed by atoms with van der Waals surface area (Å²) in [5.74, 6) is 7.46. The van der Waals surface area contributed by atoms with Crippen LogP contribution in [0.3, 0.4) is 0 Å². The van der Waals surface area contributed by atoms with Crippen molar-refractivity contribution in [3.05, 3.63) is 103 Å². The summed E-state index contributed by atoms with van der Waals surface area (Å²) >= 11 is 0. The molecule has 0 aliphatic heterocycles. The Hall–Kier alpha value is -4.32. The SMILES string of the molecule is COc1ccc(OC)c2c1[C@H]1C[C@@H]2c2c1c1c(c3c2[C@@H]2C[C@H]3c3c(OC)ccc(OC)c32)[C@@H]2C[C@H]1c1c(OC)ccc(OC)c12. The molecule has 0 amide bonds. The van der Waals surface area contributed by atoms with Gasteiger partial charge in [-0.2, -0.15) is 0 Å². The molecule has 0 saturated heterocycles. The van der Waals surface area contributed by atoms with Crippen molar-refractivity contribution in [3.8, 4) is 34.5 Å². The number of hydrogen-bond acceptors (Lipinski definition) is 6. The molecule has 6 nitrogen and oxygen atoms in total. The third-order valence-corrected chi connectivity index (χ3v) is 12.3. The van der Waals surface area contributed by atoms with Gasteiger partial charge in [-0.15, -0.1) is 0 Å². The molecule has 6 atom stereocenters. The lowest BCUT2D eigenvalue weighted by Gasteiger charge is -2.36. The molecule has 0 spiro atoms. The fraction of sp³-hybridized carbons (Fsp3) is 0.385. The van der Waals surface area contributed by atoms with Crippen molar-refractivity contribution >= 4 is 0 Å². The van der Waals surface area contributed by atoms with E-state index in [4.69, 9.17) is 28.4 Å². The monoisotopic (exact) mass is 600 g/mol. The molecule has 6 bridgehead atoms. The molecule has 0 unspecified atom stereocenters. The lowest BCUT2D eigenvalue weighted by atomic mass is 9.68. The summed E-state index contributed by atoms with van der Waals surface area (Å²) in [5, 5.41) is 0. The molecule has 4 aromatic rings. The number of benzene rings is 4. The molecule has 0 heterocycles. The van der Waals surface area contributed by atoms with Crippen LogP contribution >= 0.6 is 0 Å². The van der Waals surface area contributed by atoms with Crippen LogP contribution in [-0.2, 0) is 0 Å². The zero-order valence-corrected chi connectivity index (χ0v) is 26.5. The second-order valence-electron chi connectivity index (χ2n) is 13.4. The molecule has 6 aliphatic rings. The van der Waals surface area contributed by atoms with Crippen molar-refractivity contribution in [3.63, 3.8) is 0 Å². The van der Waals surface area contributed by atoms with E-state index in [2.05, 4.69) is 36.4 Å². The van der Waals surface area contributed by atoms with Crippen molar-refractivity contribution in [1.82, 2.24) is 0 Å². The molecular formula is C39H36O6. The fourth-order valence-corrected chi connectivity index (χ4v) is 11.1. The minimum absolute atomic E-state index is 0.273. The molecular weight excluding hydrogens is 564 g/mol. The Morgan fingerprint density at radius 1 is 0.289 bits per heavy atom. The average Bonchev–Trinajstić information content (AvgIpc) is 3.93. The van der Waals surface area contributed by atoms with Gasteiger partial charge in [0.1, 0.15) is 34.5 Å². The van der Waals surface area contributed by atoms with Gasteiger partial charge in [-0.3, -0.25) is 0 Å². The number of methoxy groups -OCH3 is 6. The first-order chi connectivity index (χ1) is 22.1. The highest BCUT2D eigenvalue weighted by Gasteiger charge is 2.59. The van der Waals surface area contributed by atoms with Crippen molar-refractivity contribution in [2.24, 2.45) is 0 Å². The minimum atomic E-state index is 0.273. The Morgan fingerprint density at radius 2 is 0.444 bits per heavy atom. The largest absolute Gasteiger partial charge is 0.496 e. The van der Waals surface area contributed by atoms with Crippen LogP contribution in [0.1, 0.15) is 122 Å². The summed E-state index contributed by atoms with van der Waals surface area (Å²) in [6.07, 6.45) is 3.18. The third kappa shape index (κ3) is 2.77. The van der Waals surface area contributed by atoms with Crippen LogP contribution in [0.15, 0.2) is 36.4 Å². The van der Waals surface area contributed by atoms with Gasteiger partial charge in [0.2, 0.25) is 0 Å². The predicted molar refractivity (Wildman–Crippen MR) is 170 cm³/mol. The highest BCUT2D eigenvalue weighted by atomic mass is 16.5. The number of ether oxygens (including phenoxy) is 6. The second-order valence-corrected chi connectivity index (χ2v) is 13.4. The highest BCUT2D eigenvalue weighted by Crippen LogP contribution is 2.75. The smallest absolute Gasteiger partial charge is 0.123 e.